The normalized spacial score (nSPS) is 9.07. The van der Waals surface area contributed by atoms with Gasteiger partial charge in [0.05, 0.1) is 12.7 Å². The smallest absolute Gasteiger partial charge is 0.335 e. The van der Waals surface area contributed by atoms with Crippen LogP contribution in [-0.2, 0) is 0 Å². The Labute approximate surface area is 86.5 Å². The van der Waals surface area contributed by atoms with Crippen molar-refractivity contribution in [2.75, 3.05) is 13.7 Å². The second-order valence-electron chi connectivity index (χ2n) is 2.62. The fraction of sp³-hybridized carbons (Fsp3) is 0.200. The zero-order chi connectivity index (χ0) is 11.3. The van der Waals surface area contributed by atoms with Gasteiger partial charge in [0.15, 0.2) is 18.1 Å². The third kappa shape index (κ3) is 2.61. The van der Waals surface area contributed by atoms with Crippen LogP contribution >= 0.6 is 0 Å². The molecule has 0 radical (unpaired) electrons. The monoisotopic (exact) mass is 207 g/mol. The molecule has 0 aliphatic rings. The fourth-order valence-corrected chi connectivity index (χ4v) is 1.03. The number of benzene rings is 1. The fourth-order valence-electron chi connectivity index (χ4n) is 1.03. The lowest BCUT2D eigenvalue weighted by atomic mass is 10.2. The summed E-state index contributed by atoms with van der Waals surface area (Å²) in [7, 11) is 1.44. The molecular formula is C10H9NO4. The van der Waals surface area contributed by atoms with Gasteiger partial charge in [-0.1, -0.05) is 0 Å². The molecule has 1 N–H and O–H groups in total. The molecule has 0 aliphatic carbocycles. The van der Waals surface area contributed by atoms with Crippen LogP contribution in [0.5, 0.6) is 11.5 Å². The topological polar surface area (TPSA) is 79.6 Å². The molecule has 1 aromatic rings. The number of methoxy groups -OCH3 is 1. The van der Waals surface area contributed by atoms with Crippen LogP contribution in [0, 0.1) is 11.3 Å². The van der Waals surface area contributed by atoms with E-state index in [1.54, 1.807) is 6.07 Å². The van der Waals surface area contributed by atoms with Crippen LogP contribution < -0.4 is 9.47 Å². The summed E-state index contributed by atoms with van der Waals surface area (Å²) in [6.45, 7) is -0.153. The highest BCUT2D eigenvalue weighted by Crippen LogP contribution is 2.27. The molecule has 0 heterocycles. The van der Waals surface area contributed by atoms with Gasteiger partial charge in [-0.15, -0.1) is 0 Å². The largest absolute Gasteiger partial charge is 0.493 e. The molecular weight excluding hydrogens is 198 g/mol. The Bertz CT molecular complexity index is 408. The van der Waals surface area contributed by atoms with Crippen LogP contribution in [-0.4, -0.2) is 24.8 Å². The molecule has 0 bridgehead atoms. The predicted molar refractivity (Wildman–Crippen MR) is 51.1 cm³/mol. The summed E-state index contributed by atoms with van der Waals surface area (Å²) >= 11 is 0. The lowest BCUT2D eigenvalue weighted by Gasteiger charge is -2.08. The van der Waals surface area contributed by atoms with Crippen molar-refractivity contribution in [1.29, 1.82) is 5.26 Å². The minimum atomic E-state index is -1.06. The van der Waals surface area contributed by atoms with Gasteiger partial charge >= 0.3 is 5.97 Å². The van der Waals surface area contributed by atoms with E-state index in [-0.39, 0.29) is 17.9 Å². The Balaban J connectivity index is 3.03. The molecule has 0 saturated carbocycles. The highest BCUT2D eigenvalue weighted by Gasteiger charge is 2.09. The van der Waals surface area contributed by atoms with E-state index in [9.17, 15) is 4.79 Å². The Kier molecular flexibility index (Phi) is 3.52. The number of ether oxygens (including phenoxy) is 2. The van der Waals surface area contributed by atoms with Gasteiger partial charge in [0.1, 0.15) is 6.07 Å². The van der Waals surface area contributed by atoms with Crippen molar-refractivity contribution in [1.82, 2.24) is 0 Å². The zero-order valence-corrected chi connectivity index (χ0v) is 8.06. The van der Waals surface area contributed by atoms with Crippen molar-refractivity contribution in [3.8, 4) is 17.6 Å². The average Bonchev–Trinajstić information content (AvgIpc) is 2.25. The predicted octanol–water partition coefficient (Wildman–Crippen LogP) is 1.30. The first-order valence-electron chi connectivity index (χ1n) is 4.10. The molecule has 0 saturated heterocycles. The Morgan fingerprint density at radius 2 is 2.27 bits per heavy atom. The van der Waals surface area contributed by atoms with Crippen LogP contribution in [0.4, 0.5) is 0 Å². The Morgan fingerprint density at radius 3 is 2.80 bits per heavy atom. The quantitative estimate of drug-likeness (QED) is 0.804. The van der Waals surface area contributed by atoms with Gasteiger partial charge in [-0.3, -0.25) is 0 Å². The number of rotatable bonds is 4. The first-order valence-corrected chi connectivity index (χ1v) is 4.10. The number of carboxylic acids is 1. The molecule has 0 aromatic heterocycles. The summed E-state index contributed by atoms with van der Waals surface area (Å²) < 4.78 is 9.97. The molecule has 1 rings (SSSR count). The van der Waals surface area contributed by atoms with Crippen molar-refractivity contribution >= 4 is 5.97 Å². The van der Waals surface area contributed by atoms with Gasteiger partial charge < -0.3 is 14.6 Å². The summed E-state index contributed by atoms with van der Waals surface area (Å²) in [6, 6.07) is 5.99. The van der Waals surface area contributed by atoms with Crippen molar-refractivity contribution in [3.05, 3.63) is 23.8 Å². The van der Waals surface area contributed by atoms with Crippen LogP contribution in [0.25, 0.3) is 0 Å². The minimum absolute atomic E-state index is 0.0868. The number of hydrogen-bond donors (Lipinski definition) is 1. The van der Waals surface area contributed by atoms with E-state index in [1.807, 2.05) is 0 Å². The minimum Gasteiger partial charge on any atom is -0.493 e. The summed E-state index contributed by atoms with van der Waals surface area (Å²) in [5, 5.41) is 17.1. The molecule has 0 fully saturated rings. The number of nitrogens with zero attached hydrogens (tertiary/aromatic N) is 1. The van der Waals surface area contributed by atoms with Crippen molar-refractivity contribution in [2.45, 2.75) is 0 Å². The first-order chi connectivity index (χ1) is 7.19. The molecule has 0 spiro atoms. The summed E-state index contributed by atoms with van der Waals surface area (Å²) in [4.78, 5) is 10.7. The molecule has 15 heavy (non-hydrogen) atoms. The molecule has 0 aliphatic heterocycles. The van der Waals surface area contributed by atoms with Crippen molar-refractivity contribution in [2.24, 2.45) is 0 Å². The van der Waals surface area contributed by atoms with Crippen LogP contribution in [0.2, 0.25) is 0 Å². The summed E-state index contributed by atoms with van der Waals surface area (Å²) in [5.74, 6) is -0.409. The third-order valence-electron chi connectivity index (χ3n) is 1.70. The van der Waals surface area contributed by atoms with E-state index in [0.717, 1.165) is 0 Å². The number of carboxylic acid groups (broad SMARTS) is 1. The standard InChI is InChI=1S/C10H9NO4/c1-14-8-3-2-7(10(12)13)6-9(8)15-5-4-11/h2-3,6H,5H2,1H3,(H,12,13). The van der Waals surface area contributed by atoms with Gasteiger partial charge in [-0.25, -0.2) is 4.79 Å². The number of aromatic carboxylic acids is 1. The molecule has 0 amide bonds. The second kappa shape index (κ2) is 4.86. The van der Waals surface area contributed by atoms with Crippen molar-refractivity contribution in [3.63, 3.8) is 0 Å². The Morgan fingerprint density at radius 1 is 1.53 bits per heavy atom. The van der Waals surface area contributed by atoms with E-state index < -0.39 is 5.97 Å². The first kappa shape index (κ1) is 10.9. The maximum Gasteiger partial charge on any atom is 0.335 e. The van der Waals surface area contributed by atoms with Gasteiger partial charge in [-0.05, 0) is 18.2 Å². The van der Waals surface area contributed by atoms with Gasteiger partial charge in [0.2, 0.25) is 0 Å². The number of hydrogen-bond acceptors (Lipinski definition) is 4. The molecule has 78 valence electrons. The van der Waals surface area contributed by atoms with Crippen LogP contribution in [0.3, 0.4) is 0 Å². The lowest BCUT2D eigenvalue weighted by molar-refractivity contribution is 0.0696. The highest BCUT2D eigenvalue weighted by molar-refractivity contribution is 5.88. The number of carbonyl (C=O) groups is 1. The third-order valence-corrected chi connectivity index (χ3v) is 1.70. The van der Waals surface area contributed by atoms with E-state index in [0.29, 0.717) is 5.75 Å². The maximum atomic E-state index is 10.7. The summed E-state index contributed by atoms with van der Waals surface area (Å²) in [5.41, 5.74) is 0.0868. The van der Waals surface area contributed by atoms with Crippen LogP contribution in [0.15, 0.2) is 18.2 Å². The maximum absolute atomic E-state index is 10.7. The van der Waals surface area contributed by atoms with Crippen LogP contribution in [0.1, 0.15) is 10.4 Å². The lowest BCUT2D eigenvalue weighted by Crippen LogP contribution is -2.01. The molecule has 5 heteroatoms. The van der Waals surface area contributed by atoms with Gasteiger partial charge in [0.25, 0.3) is 0 Å². The van der Waals surface area contributed by atoms with Gasteiger partial charge in [-0.2, -0.15) is 5.26 Å². The molecule has 1 aromatic carbocycles. The average molecular weight is 207 g/mol. The van der Waals surface area contributed by atoms with Crippen molar-refractivity contribution < 1.29 is 19.4 Å². The summed E-state index contributed by atoms with van der Waals surface area (Å²) in [6.07, 6.45) is 0. The van der Waals surface area contributed by atoms with E-state index >= 15 is 0 Å². The van der Waals surface area contributed by atoms with E-state index in [2.05, 4.69) is 0 Å². The zero-order valence-electron chi connectivity index (χ0n) is 8.06. The van der Waals surface area contributed by atoms with Gasteiger partial charge in [0, 0.05) is 0 Å². The van der Waals surface area contributed by atoms with E-state index in [1.165, 1.54) is 25.3 Å². The highest BCUT2D eigenvalue weighted by atomic mass is 16.5. The van der Waals surface area contributed by atoms with E-state index in [4.69, 9.17) is 19.8 Å². The molecule has 0 unspecified atom stereocenters. The molecule has 0 atom stereocenters. The SMILES string of the molecule is COc1ccc(C(=O)O)cc1OCC#N. The Hall–Kier alpha value is -2.22. The molecule has 5 nitrogen and oxygen atoms in total. The second-order valence-corrected chi connectivity index (χ2v) is 2.62. The number of nitriles is 1.